The predicted octanol–water partition coefficient (Wildman–Crippen LogP) is -1.01. The summed E-state index contributed by atoms with van der Waals surface area (Å²) in [7, 11) is 0. The summed E-state index contributed by atoms with van der Waals surface area (Å²) < 4.78 is 6.34. The maximum absolute atomic E-state index is 10.5. The van der Waals surface area contributed by atoms with Crippen LogP contribution in [-0.2, 0) is 10.3 Å². The summed E-state index contributed by atoms with van der Waals surface area (Å²) in [4.78, 5) is 2.24. The minimum Gasteiger partial charge on any atom is -1.00 e. The van der Waals surface area contributed by atoms with Gasteiger partial charge in [0.1, 0.15) is 0 Å². The number of benzene rings is 1. The maximum atomic E-state index is 10.5. The van der Waals surface area contributed by atoms with Gasteiger partial charge in [0.15, 0.2) is 0 Å². The summed E-state index contributed by atoms with van der Waals surface area (Å²) in [5.74, 6) is 0. The maximum Gasteiger partial charge on any atom is 0.0994 e. The van der Waals surface area contributed by atoms with Gasteiger partial charge in [0.05, 0.1) is 18.8 Å². The van der Waals surface area contributed by atoms with E-state index in [2.05, 4.69) is 20.8 Å². The van der Waals surface area contributed by atoms with Crippen LogP contribution in [0, 0.1) is 0 Å². The molecule has 5 heteroatoms. The molecule has 1 aliphatic heterocycles. The largest absolute Gasteiger partial charge is 1.00 e. The Labute approximate surface area is 123 Å². The molecule has 102 valence electrons. The van der Waals surface area contributed by atoms with Crippen LogP contribution in [0.2, 0.25) is 0 Å². The Morgan fingerprint density at radius 1 is 1.28 bits per heavy atom. The SMILES string of the molecule is CC(O)(CN1CCOCC1)c1ccc(Br)cc1.[Cl-]. The molecule has 0 bridgehead atoms. The number of rotatable bonds is 3. The highest BCUT2D eigenvalue weighted by atomic mass is 79.9. The van der Waals surface area contributed by atoms with E-state index in [1.807, 2.05) is 31.2 Å². The molecule has 0 radical (unpaired) electrons. The van der Waals surface area contributed by atoms with Gasteiger partial charge in [-0.15, -0.1) is 0 Å². The molecule has 0 aromatic heterocycles. The van der Waals surface area contributed by atoms with Crippen molar-refractivity contribution < 1.29 is 22.3 Å². The van der Waals surface area contributed by atoms with Crippen LogP contribution in [0.5, 0.6) is 0 Å². The highest BCUT2D eigenvalue weighted by Crippen LogP contribution is 2.24. The molecule has 3 nitrogen and oxygen atoms in total. The van der Waals surface area contributed by atoms with E-state index in [-0.39, 0.29) is 12.4 Å². The fourth-order valence-electron chi connectivity index (χ4n) is 2.09. The van der Waals surface area contributed by atoms with Gasteiger partial charge < -0.3 is 22.3 Å². The van der Waals surface area contributed by atoms with Crippen LogP contribution in [-0.4, -0.2) is 42.9 Å². The molecule has 18 heavy (non-hydrogen) atoms. The van der Waals surface area contributed by atoms with Crippen molar-refractivity contribution in [3.63, 3.8) is 0 Å². The first-order valence-electron chi connectivity index (χ1n) is 5.86. The zero-order valence-corrected chi connectivity index (χ0v) is 12.7. The van der Waals surface area contributed by atoms with Crippen molar-refractivity contribution in [2.75, 3.05) is 32.8 Å². The molecular formula is C13H18BrClNO2-. The van der Waals surface area contributed by atoms with E-state index in [0.717, 1.165) is 36.3 Å². The van der Waals surface area contributed by atoms with Crippen LogP contribution in [0.4, 0.5) is 0 Å². The van der Waals surface area contributed by atoms with Crippen LogP contribution < -0.4 is 12.4 Å². The lowest BCUT2D eigenvalue weighted by atomic mass is 9.95. The van der Waals surface area contributed by atoms with Crippen molar-refractivity contribution in [2.24, 2.45) is 0 Å². The molecule has 1 fully saturated rings. The second-order valence-electron chi connectivity index (χ2n) is 4.67. The van der Waals surface area contributed by atoms with E-state index in [9.17, 15) is 5.11 Å². The molecule has 1 unspecified atom stereocenters. The summed E-state index contributed by atoms with van der Waals surface area (Å²) in [5.41, 5.74) is 0.144. The summed E-state index contributed by atoms with van der Waals surface area (Å²) >= 11 is 3.40. The first kappa shape index (κ1) is 15.9. The number of morpholine rings is 1. The number of nitrogens with zero attached hydrogens (tertiary/aromatic N) is 1. The fourth-order valence-corrected chi connectivity index (χ4v) is 2.36. The van der Waals surface area contributed by atoms with Gasteiger partial charge in [-0.05, 0) is 24.6 Å². The minimum atomic E-state index is -0.808. The van der Waals surface area contributed by atoms with Crippen molar-refractivity contribution in [1.29, 1.82) is 0 Å². The van der Waals surface area contributed by atoms with E-state index in [1.54, 1.807) is 0 Å². The zero-order valence-electron chi connectivity index (χ0n) is 10.4. The van der Waals surface area contributed by atoms with E-state index < -0.39 is 5.60 Å². The first-order valence-corrected chi connectivity index (χ1v) is 6.66. The smallest absolute Gasteiger partial charge is 0.0994 e. The molecular weight excluding hydrogens is 318 g/mol. The Morgan fingerprint density at radius 2 is 1.83 bits per heavy atom. The molecule has 1 saturated heterocycles. The van der Waals surface area contributed by atoms with Crippen molar-refractivity contribution >= 4 is 15.9 Å². The van der Waals surface area contributed by atoms with Crippen LogP contribution in [0.1, 0.15) is 12.5 Å². The number of hydrogen-bond acceptors (Lipinski definition) is 3. The Morgan fingerprint density at radius 3 is 2.39 bits per heavy atom. The quantitative estimate of drug-likeness (QED) is 0.769. The molecule has 2 rings (SSSR count). The van der Waals surface area contributed by atoms with Gasteiger partial charge in [0.25, 0.3) is 0 Å². The monoisotopic (exact) mass is 334 g/mol. The third kappa shape index (κ3) is 4.21. The lowest BCUT2D eigenvalue weighted by Gasteiger charge is -2.34. The topological polar surface area (TPSA) is 32.7 Å². The van der Waals surface area contributed by atoms with Crippen LogP contribution in [0.15, 0.2) is 28.7 Å². The van der Waals surface area contributed by atoms with Crippen LogP contribution >= 0.6 is 15.9 Å². The third-order valence-corrected chi connectivity index (χ3v) is 3.63. The van der Waals surface area contributed by atoms with Gasteiger partial charge in [0.2, 0.25) is 0 Å². The van der Waals surface area contributed by atoms with E-state index in [1.165, 1.54) is 0 Å². The first-order chi connectivity index (χ1) is 8.08. The standard InChI is InChI=1S/C13H18BrNO2.ClH/c1-13(16,10-15-6-8-17-9-7-15)11-2-4-12(14)5-3-11;/h2-5,16H,6-10H2,1H3;1H/p-1. The zero-order chi connectivity index (χ0) is 12.3. The van der Waals surface area contributed by atoms with E-state index in [0.29, 0.717) is 6.54 Å². The molecule has 1 N–H and O–H groups in total. The normalized spacial score (nSPS) is 19.9. The van der Waals surface area contributed by atoms with Crippen molar-refractivity contribution in [1.82, 2.24) is 4.90 Å². The van der Waals surface area contributed by atoms with Gasteiger partial charge in [-0.25, -0.2) is 0 Å². The van der Waals surface area contributed by atoms with Crippen molar-refractivity contribution in [2.45, 2.75) is 12.5 Å². The molecule has 1 aromatic rings. The average molecular weight is 336 g/mol. The highest BCUT2D eigenvalue weighted by molar-refractivity contribution is 9.10. The second kappa shape index (κ2) is 6.87. The lowest BCUT2D eigenvalue weighted by molar-refractivity contribution is -0.0254. The van der Waals surface area contributed by atoms with Gasteiger partial charge >= 0.3 is 0 Å². The minimum absolute atomic E-state index is 0. The highest BCUT2D eigenvalue weighted by Gasteiger charge is 2.26. The van der Waals surface area contributed by atoms with Gasteiger partial charge in [0, 0.05) is 24.1 Å². The van der Waals surface area contributed by atoms with E-state index in [4.69, 9.17) is 4.74 Å². The lowest BCUT2D eigenvalue weighted by Crippen LogP contribution is -3.00. The summed E-state index contributed by atoms with van der Waals surface area (Å²) in [5, 5.41) is 10.5. The fraction of sp³-hybridized carbons (Fsp3) is 0.538. The Hall–Kier alpha value is -0.130. The number of ether oxygens (including phenoxy) is 1. The summed E-state index contributed by atoms with van der Waals surface area (Å²) in [6.07, 6.45) is 0. The number of aliphatic hydroxyl groups is 1. The molecule has 0 spiro atoms. The Bertz CT molecular complexity index is 364. The number of halogens is 2. The van der Waals surface area contributed by atoms with Crippen molar-refractivity contribution in [3.8, 4) is 0 Å². The molecule has 0 amide bonds. The molecule has 1 aromatic carbocycles. The molecule has 1 aliphatic rings. The Balaban J connectivity index is 0.00000162. The van der Waals surface area contributed by atoms with Gasteiger partial charge in [-0.1, -0.05) is 28.1 Å². The summed E-state index contributed by atoms with van der Waals surface area (Å²) in [6, 6.07) is 7.85. The van der Waals surface area contributed by atoms with Crippen molar-refractivity contribution in [3.05, 3.63) is 34.3 Å². The van der Waals surface area contributed by atoms with E-state index >= 15 is 0 Å². The molecule has 0 saturated carbocycles. The van der Waals surface area contributed by atoms with Crippen LogP contribution in [0.3, 0.4) is 0 Å². The summed E-state index contributed by atoms with van der Waals surface area (Å²) in [6.45, 7) is 5.83. The number of β-amino-alcohol motifs (C(OH)–C–C–N with tert-alkyl or cyclic N) is 1. The van der Waals surface area contributed by atoms with Crippen LogP contribution in [0.25, 0.3) is 0 Å². The second-order valence-corrected chi connectivity index (χ2v) is 5.58. The molecule has 1 heterocycles. The molecule has 0 aliphatic carbocycles. The molecule has 1 atom stereocenters. The van der Waals surface area contributed by atoms with Gasteiger partial charge in [-0.2, -0.15) is 0 Å². The predicted molar refractivity (Wildman–Crippen MR) is 71.0 cm³/mol. The number of hydrogen-bond donors (Lipinski definition) is 1. The Kier molecular flexibility index (Phi) is 6.08. The average Bonchev–Trinajstić information content (AvgIpc) is 2.30. The van der Waals surface area contributed by atoms with Gasteiger partial charge in [-0.3, -0.25) is 4.90 Å². The third-order valence-electron chi connectivity index (χ3n) is 3.10.